The van der Waals surface area contributed by atoms with Crippen molar-refractivity contribution in [2.45, 2.75) is 33.3 Å². The zero-order valence-corrected chi connectivity index (χ0v) is 13.2. The lowest BCUT2D eigenvalue weighted by Crippen LogP contribution is -2.30. The topological polar surface area (TPSA) is 26.3 Å². The number of ether oxygens (including phenoxy) is 1. The first-order chi connectivity index (χ1) is 9.99. The fraction of sp³-hybridized carbons (Fsp3) is 0.421. The van der Waals surface area contributed by atoms with Gasteiger partial charge >= 0.3 is 0 Å². The SMILES string of the molecule is C=CC[C@@H](CC(=O)C=C)C(C)(C)COCc1ccccc1. The molecule has 0 fully saturated rings. The molecule has 1 aromatic carbocycles. The molecule has 0 amide bonds. The van der Waals surface area contributed by atoms with E-state index in [0.717, 1.165) is 12.0 Å². The number of carbonyl (C=O) groups excluding carboxylic acids is 1. The van der Waals surface area contributed by atoms with Crippen LogP contribution in [0, 0.1) is 11.3 Å². The van der Waals surface area contributed by atoms with Gasteiger partial charge in [-0.05, 0) is 29.4 Å². The van der Waals surface area contributed by atoms with E-state index in [-0.39, 0.29) is 17.1 Å². The minimum absolute atomic E-state index is 0.0815. The quantitative estimate of drug-likeness (QED) is 0.465. The van der Waals surface area contributed by atoms with E-state index in [0.29, 0.717) is 19.6 Å². The Labute approximate surface area is 128 Å². The number of allylic oxidation sites excluding steroid dienone is 2. The van der Waals surface area contributed by atoms with Crippen molar-refractivity contribution in [3.8, 4) is 0 Å². The first-order valence-corrected chi connectivity index (χ1v) is 7.37. The standard InChI is InChI=1S/C19H26O2/c1-5-10-17(13-18(20)6-2)19(3,4)15-21-14-16-11-8-7-9-12-16/h5-9,11-12,17H,1-2,10,13-15H2,3-4H3/t17-/m0/s1. The van der Waals surface area contributed by atoms with Crippen molar-refractivity contribution >= 4 is 5.78 Å². The van der Waals surface area contributed by atoms with Gasteiger partial charge in [-0.25, -0.2) is 0 Å². The van der Waals surface area contributed by atoms with E-state index in [2.05, 4.69) is 39.1 Å². The van der Waals surface area contributed by atoms with E-state index in [4.69, 9.17) is 4.74 Å². The van der Waals surface area contributed by atoms with E-state index in [9.17, 15) is 4.79 Å². The number of hydrogen-bond acceptors (Lipinski definition) is 2. The van der Waals surface area contributed by atoms with Crippen LogP contribution < -0.4 is 0 Å². The second-order valence-corrected chi connectivity index (χ2v) is 6.06. The van der Waals surface area contributed by atoms with Crippen molar-refractivity contribution < 1.29 is 9.53 Å². The summed E-state index contributed by atoms with van der Waals surface area (Å²) in [4.78, 5) is 11.6. The van der Waals surface area contributed by atoms with Crippen LogP contribution in [0.3, 0.4) is 0 Å². The number of benzene rings is 1. The lowest BCUT2D eigenvalue weighted by Gasteiger charge is -2.33. The van der Waals surface area contributed by atoms with E-state index in [1.807, 2.05) is 24.3 Å². The number of ketones is 1. The molecule has 21 heavy (non-hydrogen) atoms. The maximum Gasteiger partial charge on any atom is 0.155 e. The zero-order valence-electron chi connectivity index (χ0n) is 13.2. The molecule has 0 bridgehead atoms. The Balaban J connectivity index is 2.56. The smallest absolute Gasteiger partial charge is 0.155 e. The largest absolute Gasteiger partial charge is 0.376 e. The fourth-order valence-electron chi connectivity index (χ4n) is 2.33. The summed E-state index contributed by atoms with van der Waals surface area (Å²) < 4.78 is 5.86. The van der Waals surface area contributed by atoms with Gasteiger partial charge in [0.05, 0.1) is 13.2 Å². The van der Waals surface area contributed by atoms with Gasteiger partial charge in [0, 0.05) is 6.42 Å². The molecule has 0 aromatic heterocycles. The number of hydrogen-bond donors (Lipinski definition) is 0. The van der Waals surface area contributed by atoms with Crippen LogP contribution in [0.5, 0.6) is 0 Å². The average Bonchev–Trinajstić information content (AvgIpc) is 2.47. The molecule has 0 radical (unpaired) electrons. The maximum atomic E-state index is 11.6. The summed E-state index contributed by atoms with van der Waals surface area (Å²) in [6, 6.07) is 10.1. The molecule has 2 heteroatoms. The molecule has 0 spiro atoms. The molecule has 114 valence electrons. The highest BCUT2D eigenvalue weighted by Gasteiger charge is 2.30. The summed E-state index contributed by atoms with van der Waals surface area (Å²) in [5, 5.41) is 0. The van der Waals surface area contributed by atoms with Crippen molar-refractivity contribution in [2.75, 3.05) is 6.61 Å². The Hall–Kier alpha value is -1.67. The van der Waals surface area contributed by atoms with Gasteiger partial charge in [0.25, 0.3) is 0 Å². The van der Waals surface area contributed by atoms with Crippen LogP contribution in [0.15, 0.2) is 55.6 Å². The second-order valence-electron chi connectivity index (χ2n) is 6.06. The maximum absolute atomic E-state index is 11.6. The van der Waals surface area contributed by atoms with Crippen LogP contribution in [-0.2, 0) is 16.1 Å². The van der Waals surface area contributed by atoms with Gasteiger partial charge in [0.1, 0.15) is 0 Å². The van der Waals surface area contributed by atoms with Crippen molar-refractivity contribution in [1.82, 2.24) is 0 Å². The van der Waals surface area contributed by atoms with Crippen LogP contribution in [0.4, 0.5) is 0 Å². The van der Waals surface area contributed by atoms with E-state index in [1.165, 1.54) is 6.08 Å². The zero-order chi connectivity index (χ0) is 15.7. The highest BCUT2D eigenvalue weighted by atomic mass is 16.5. The predicted molar refractivity (Wildman–Crippen MR) is 88.0 cm³/mol. The van der Waals surface area contributed by atoms with Crippen molar-refractivity contribution in [2.24, 2.45) is 11.3 Å². The van der Waals surface area contributed by atoms with E-state index >= 15 is 0 Å². The molecule has 0 heterocycles. The third kappa shape index (κ3) is 6.09. The Morgan fingerprint density at radius 1 is 1.29 bits per heavy atom. The van der Waals surface area contributed by atoms with Gasteiger partial charge in [-0.2, -0.15) is 0 Å². The lowest BCUT2D eigenvalue weighted by molar-refractivity contribution is -0.116. The Kier molecular flexibility index (Phi) is 7.10. The molecule has 0 aliphatic heterocycles. The van der Waals surface area contributed by atoms with Crippen LogP contribution in [-0.4, -0.2) is 12.4 Å². The first-order valence-electron chi connectivity index (χ1n) is 7.37. The predicted octanol–water partition coefficient (Wildman–Crippen LogP) is 4.57. The normalized spacial score (nSPS) is 12.7. The van der Waals surface area contributed by atoms with Gasteiger partial charge in [0.15, 0.2) is 5.78 Å². The summed E-state index contributed by atoms with van der Waals surface area (Å²) >= 11 is 0. The Morgan fingerprint density at radius 2 is 1.95 bits per heavy atom. The minimum Gasteiger partial charge on any atom is -0.376 e. The third-order valence-electron chi connectivity index (χ3n) is 3.82. The van der Waals surface area contributed by atoms with Crippen LogP contribution in [0.25, 0.3) is 0 Å². The molecule has 0 aliphatic carbocycles. The van der Waals surface area contributed by atoms with Crippen molar-refractivity contribution in [1.29, 1.82) is 0 Å². The summed E-state index contributed by atoms with van der Waals surface area (Å²) in [6.07, 6.45) is 4.58. The highest BCUT2D eigenvalue weighted by molar-refractivity contribution is 5.89. The van der Waals surface area contributed by atoms with E-state index in [1.54, 1.807) is 0 Å². The summed E-state index contributed by atoms with van der Waals surface area (Å²) in [6.45, 7) is 12.8. The van der Waals surface area contributed by atoms with Crippen molar-refractivity contribution in [3.63, 3.8) is 0 Å². The number of rotatable bonds is 10. The summed E-state index contributed by atoms with van der Waals surface area (Å²) in [5.41, 5.74) is 1.08. The molecular formula is C19H26O2. The molecule has 1 atom stereocenters. The van der Waals surface area contributed by atoms with Gasteiger partial charge in [-0.3, -0.25) is 4.79 Å². The molecule has 0 aliphatic rings. The van der Waals surface area contributed by atoms with Crippen LogP contribution >= 0.6 is 0 Å². The molecule has 1 rings (SSSR count). The Morgan fingerprint density at radius 3 is 2.52 bits per heavy atom. The summed E-state index contributed by atoms with van der Waals surface area (Å²) in [5.74, 6) is 0.300. The first kappa shape index (κ1) is 17.4. The molecule has 0 saturated heterocycles. The fourth-order valence-corrected chi connectivity index (χ4v) is 2.33. The monoisotopic (exact) mass is 286 g/mol. The van der Waals surface area contributed by atoms with Crippen LogP contribution in [0.2, 0.25) is 0 Å². The Bertz CT molecular complexity index is 460. The summed E-state index contributed by atoms with van der Waals surface area (Å²) in [7, 11) is 0. The molecular weight excluding hydrogens is 260 g/mol. The molecule has 1 aromatic rings. The van der Waals surface area contributed by atoms with Gasteiger partial charge in [-0.15, -0.1) is 6.58 Å². The second kappa shape index (κ2) is 8.58. The number of carbonyl (C=O) groups is 1. The minimum atomic E-state index is -0.0817. The third-order valence-corrected chi connectivity index (χ3v) is 3.82. The highest BCUT2D eigenvalue weighted by Crippen LogP contribution is 2.33. The van der Waals surface area contributed by atoms with Crippen LogP contribution in [0.1, 0.15) is 32.3 Å². The van der Waals surface area contributed by atoms with Gasteiger partial charge in [-0.1, -0.05) is 56.8 Å². The molecule has 0 unspecified atom stereocenters. The lowest BCUT2D eigenvalue weighted by atomic mass is 9.75. The molecule has 0 saturated carbocycles. The molecule has 2 nitrogen and oxygen atoms in total. The average molecular weight is 286 g/mol. The van der Waals surface area contributed by atoms with Gasteiger partial charge in [0.2, 0.25) is 0 Å². The van der Waals surface area contributed by atoms with Crippen molar-refractivity contribution in [3.05, 3.63) is 61.2 Å². The van der Waals surface area contributed by atoms with E-state index < -0.39 is 0 Å². The molecule has 0 N–H and O–H groups in total. The van der Waals surface area contributed by atoms with Gasteiger partial charge < -0.3 is 4.74 Å².